The Morgan fingerprint density at radius 2 is 2.12 bits per heavy atom. The van der Waals surface area contributed by atoms with E-state index in [1.807, 2.05) is 12.1 Å². The summed E-state index contributed by atoms with van der Waals surface area (Å²) in [4.78, 5) is 4.55. The largest absolute Gasteiger partial charge is 0.233 e. The molecule has 17 heavy (non-hydrogen) atoms. The Hall–Kier alpha value is -1.06. The smallest absolute Gasteiger partial charge is 0.153 e. The van der Waals surface area contributed by atoms with Gasteiger partial charge in [-0.25, -0.2) is 9.67 Å². The first-order chi connectivity index (χ1) is 8.10. The average Bonchev–Trinajstić information content (AvgIpc) is 2.75. The Bertz CT molecular complexity index is 520. The lowest BCUT2D eigenvalue weighted by molar-refractivity contribution is 0.780. The van der Waals surface area contributed by atoms with Gasteiger partial charge in [0, 0.05) is 11.6 Å². The Morgan fingerprint density at radius 1 is 1.35 bits per heavy atom. The topological polar surface area (TPSA) is 30.7 Å². The summed E-state index contributed by atoms with van der Waals surface area (Å²) in [6.07, 6.45) is 3.32. The van der Waals surface area contributed by atoms with E-state index in [0.29, 0.717) is 16.8 Å². The second kappa shape index (κ2) is 5.07. The summed E-state index contributed by atoms with van der Waals surface area (Å²) >= 11 is 11.7. The van der Waals surface area contributed by atoms with Crippen LogP contribution in [-0.2, 0) is 5.88 Å². The molecule has 0 fully saturated rings. The molecule has 0 bridgehead atoms. The van der Waals surface area contributed by atoms with E-state index in [0.717, 1.165) is 17.1 Å². The summed E-state index contributed by atoms with van der Waals surface area (Å²) < 4.78 is 1.66. The van der Waals surface area contributed by atoms with Crippen molar-refractivity contribution in [1.82, 2.24) is 14.8 Å². The lowest BCUT2D eigenvalue weighted by Gasteiger charge is -2.09. The molecule has 0 spiro atoms. The van der Waals surface area contributed by atoms with Crippen LogP contribution in [0.3, 0.4) is 0 Å². The molecule has 2 aromatic heterocycles. The summed E-state index contributed by atoms with van der Waals surface area (Å²) in [5.41, 5.74) is 2.04. The van der Waals surface area contributed by atoms with Gasteiger partial charge in [0.2, 0.25) is 0 Å². The Morgan fingerprint density at radius 3 is 2.65 bits per heavy atom. The monoisotopic (exact) mass is 269 g/mol. The van der Waals surface area contributed by atoms with E-state index in [4.69, 9.17) is 23.2 Å². The molecule has 0 saturated heterocycles. The van der Waals surface area contributed by atoms with Gasteiger partial charge in [-0.05, 0) is 23.6 Å². The van der Waals surface area contributed by atoms with Crippen LogP contribution in [0.25, 0.3) is 5.82 Å². The Labute approximate surface area is 110 Å². The van der Waals surface area contributed by atoms with Crippen molar-refractivity contribution in [3.8, 4) is 5.82 Å². The number of nitrogens with zero attached hydrogens (tertiary/aromatic N) is 3. The summed E-state index contributed by atoms with van der Waals surface area (Å²) in [6, 6.07) is 3.94. The van der Waals surface area contributed by atoms with Gasteiger partial charge in [0.25, 0.3) is 0 Å². The van der Waals surface area contributed by atoms with Gasteiger partial charge in [0.15, 0.2) is 5.82 Å². The van der Waals surface area contributed by atoms with Crippen LogP contribution >= 0.6 is 23.2 Å². The molecule has 0 aliphatic carbocycles. The second-order valence-electron chi connectivity index (χ2n) is 4.15. The van der Waals surface area contributed by atoms with Crippen LogP contribution in [0, 0.1) is 0 Å². The molecule has 0 aliphatic rings. The van der Waals surface area contributed by atoms with Gasteiger partial charge in [-0.2, -0.15) is 5.10 Å². The Balaban J connectivity index is 2.49. The third-order valence-corrected chi connectivity index (χ3v) is 2.93. The zero-order chi connectivity index (χ0) is 12.4. The first kappa shape index (κ1) is 12.4. The summed E-state index contributed by atoms with van der Waals surface area (Å²) in [5.74, 6) is 1.56. The van der Waals surface area contributed by atoms with Crippen LogP contribution in [0.2, 0.25) is 5.02 Å². The van der Waals surface area contributed by atoms with E-state index >= 15 is 0 Å². The molecule has 5 heteroatoms. The fourth-order valence-electron chi connectivity index (χ4n) is 1.51. The fraction of sp³-hybridized carbons (Fsp3) is 0.333. The molecule has 2 heterocycles. The molecule has 0 saturated carbocycles. The van der Waals surface area contributed by atoms with Crippen molar-refractivity contribution in [2.45, 2.75) is 25.6 Å². The first-order valence-corrected chi connectivity index (χ1v) is 6.28. The maximum atomic E-state index is 5.88. The van der Waals surface area contributed by atoms with Crippen LogP contribution in [0.15, 0.2) is 24.5 Å². The normalized spacial score (nSPS) is 11.1. The molecule has 0 amide bonds. The molecule has 2 rings (SSSR count). The summed E-state index contributed by atoms with van der Waals surface area (Å²) in [6.45, 7) is 4.19. The molecule has 0 aromatic carbocycles. The van der Waals surface area contributed by atoms with Gasteiger partial charge >= 0.3 is 0 Å². The molecular weight excluding hydrogens is 257 g/mol. The minimum atomic E-state index is 0.350. The number of pyridine rings is 1. The number of alkyl halides is 1. The number of rotatable bonds is 3. The standard InChI is InChI=1S/C12H13Cl2N3/c1-8(2)11-3-9(5-13)4-12(16-11)17-7-10(14)6-15-17/h3-4,6-8H,5H2,1-2H3. The number of aromatic nitrogens is 3. The van der Waals surface area contributed by atoms with Crippen molar-refractivity contribution in [3.05, 3.63) is 40.8 Å². The molecule has 0 aliphatic heterocycles. The van der Waals surface area contributed by atoms with E-state index in [1.54, 1.807) is 17.1 Å². The van der Waals surface area contributed by atoms with Crippen molar-refractivity contribution in [2.24, 2.45) is 0 Å². The van der Waals surface area contributed by atoms with Crippen LogP contribution < -0.4 is 0 Å². The Kier molecular flexibility index (Phi) is 3.69. The molecule has 0 atom stereocenters. The van der Waals surface area contributed by atoms with Gasteiger partial charge in [-0.3, -0.25) is 0 Å². The van der Waals surface area contributed by atoms with E-state index in [-0.39, 0.29) is 0 Å². The SMILES string of the molecule is CC(C)c1cc(CCl)cc(-n2cc(Cl)cn2)n1. The van der Waals surface area contributed by atoms with Gasteiger partial charge in [0.1, 0.15) is 0 Å². The quantitative estimate of drug-likeness (QED) is 0.794. The van der Waals surface area contributed by atoms with E-state index in [1.165, 1.54) is 0 Å². The third kappa shape index (κ3) is 2.79. The minimum Gasteiger partial charge on any atom is -0.233 e. The van der Waals surface area contributed by atoms with Gasteiger partial charge in [0.05, 0.1) is 17.4 Å². The van der Waals surface area contributed by atoms with E-state index < -0.39 is 0 Å². The fourth-order valence-corrected chi connectivity index (χ4v) is 1.80. The van der Waals surface area contributed by atoms with Gasteiger partial charge in [-0.1, -0.05) is 25.4 Å². The molecule has 2 aromatic rings. The van der Waals surface area contributed by atoms with Crippen LogP contribution in [-0.4, -0.2) is 14.8 Å². The van der Waals surface area contributed by atoms with Crippen LogP contribution in [0.1, 0.15) is 31.0 Å². The molecule has 90 valence electrons. The lowest BCUT2D eigenvalue weighted by atomic mass is 10.1. The molecule has 0 radical (unpaired) electrons. The molecule has 0 N–H and O–H groups in total. The summed E-state index contributed by atoms with van der Waals surface area (Å²) in [5, 5.41) is 4.73. The van der Waals surface area contributed by atoms with Gasteiger partial charge in [-0.15, -0.1) is 11.6 Å². The predicted molar refractivity (Wildman–Crippen MR) is 70.0 cm³/mol. The zero-order valence-corrected chi connectivity index (χ0v) is 11.2. The number of hydrogen-bond acceptors (Lipinski definition) is 2. The highest BCUT2D eigenvalue weighted by atomic mass is 35.5. The highest BCUT2D eigenvalue weighted by Crippen LogP contribution is 2.19. The lowest BCUT2D eigenvalue weighted by Crippen LogP contribution is -2.03. The van der Waals surface area contributed by atoms with Crippen molar-refractivity contribution >= 4 is 23.2 Å². The van der Waals surface area contributed by atoms with E-state index in [2.05, 4.69) is 23.9 Å². The minimum absolute atomic E-state index is 0.350. The third-order valence-electron chi connectivity index (χ3n) is 2.42. The van der Waals surface area contributed by atoms with Crippen molar-refractivity contribution in [3.63, 3.8) is 0 Å². The number of halogens is 2. The maximum absolute atomic E-state index is 5.88. The second-order valence-corrected chi connectivity index (χ2v) is 4.85. The van der Waals surface area contributed by atoms with Crippen LogP contribution in [0.4, 0.5) is 0 Å². The van der Waals surface area contributed by atoms with Gasteiger partial charge < -0.3 is 0 Å². The van der Waals surface area contributed by atoms with E-state index in [9.17, 15) is 0 Å². The predicted octanol–water partition coefficient (Wildman–Crippen LogP) is 3.78. The first-order valence-electron chi connectivity index (χ1n) is 5.37. The summed E-state index contributed by atoms with van der Waals surface area (Å²) in [7, 11) is 0. The zero-order valence-electron chi connectivity index (χ0n) is 9.69. The molecule has 3 nitrogen and oxygen atoms in total. The number of hydrogen-bond donors (Lipinski definition) is 0. The van der Waals surface area contributed by atoms with Crippen molar-refractivity contribution in [2.75, 3.05) is 0 Å². The van der Waals surface area contributed by atoms with Crippen molar-refractivity contribution < 1.29 is 0 Å². The molecular formula is C12H13Cl2N3. The maximum Gasteiger partial charge on any atom is 0.153 e. The highest BCUT2D eigenvalue weighted by molar-refractivity contribution is 6.30. The molecule has 0 unspecified atom stereocenters. The highest BCUT2D eigenvalue weighted by Gasteiger charge is 2.08. The average molecular weight is 270 g/mol. The van der Waals surface area contributed by atoms with Crippen LogP contribution in [0.5, 0.6) is 0 Å². The van der Waals surface area contributed by atoms with Crippen molar-refractivity contribution in [1.29, 1.82) is 0 Å².